The Morgan fingerprint density at radius 2 is 1.87 bits per heavy atom. The minimum Gasteiger partial charge on any atom is -0.507 e. The standard InChI is InChI=1S/C25H31NO4S/c1-15-8-9-17(25(3,4)5)14-18(15)21(27)19-20(23-16(2)10-13-31-23)26(11-7-12-30-6)24(29)22(19)28/h8-10,13-14,20,27H,7,11-12H2,1-6H3/b21-19+. The second-order valence-corrected chi connectivity index (χ2v) is 10.0. The topological polar surface area (TPSA) is 66.8 Å². The van der Waals surface area contributed by atoms with Crippen molar-refractivity contribution in [1.29, 1.82) is 0 Å². The zero-order valence-electron chi connectivity index (χ0n) is 19.1. The van der Waals surface area contributed by atoms with Crippen LogP contribution in [0.5, 0.6) is 0 Å². The highest BCUT2D eigenvalue weighted by molar-refractivity contribution is 7.10. The first-order chi connectivity index (χ1) is 14.6. The number of amides is 1. The van der Waals surface area contributed by atoms with Gasteiger partial charge >= 0.3 is 0 Å². The summed E-state index contributed by atoms with van der Waals surface area (Å²) in [6, 6.07) is 7.31. The van der Waals surface area contributed by atoms with Gasteiger partial charge in [-0.3, -0.25) is 9.59 Å². The number of aliphatic hydroxyl groups excluding tert-OH is 1. The van der Waals surface area contributed by atoms with Crippen LogP contribution < -0.4 is 0 Å². The molecule has 5 nitrogen and oxygen atoms in total. The highest BCUT2D eigenvalue weighted by Gasteiger charge is 2.46. The number of nitrogens with zero attached hydrogens (tertiary/aromatic N) is 1. The first-order valence-corrected chi connectivity index (χ1v) is 11.4. The number of methoxy groups -OCH3 is 1. The molecule has 2 heterocycles. The Morgan fingerprint density at radius 3 is 2.45 bits per heavy atom. The van der Waals surface area contributed by atoms with Gasteiger partial charge in [0, 0.05) is 30.7 Å². The molecule has 0 radical (unpaired) electrons. The number of carbonyl (C=O) groups is 2. The molecule has 1 amide bonds. The molecular weight excluding hydrogens is 410 g/mol. The Balaban J connectivity index is 2.19. The van der Waals surface area contributed by atoms with Crippen molar-refractivity contribution in [2.45, 2.75) is 52.5 Å². The molecule has 0 spiro atoms. The molecule has 1 aromatic heterocycles. The molecule has 0 bridgehead atoms. The van der Waals surface area contributed by atoms with Crippen LogP contribution in [0, 0.1) is 13.8 Å². The first kappa shape index (κ1) is 23.2. The summed E-state index contributed by atoms with van der Waals surface area (Å²) in [5.41, 5.74) is 3.57. The second-order valence-electron chi connectivity index (χ2n) is 9.09. The van der Waals surface area contributed by atoms with Crippen LogP contribution in [0.3, 0.4) is 0 Å². The van der Waals surface area contributed by atoms with Gasteiger partial charge in [-0.2, -0.15) is 0 Å². The molecule has 0 saturated carbocycles. The summed E-state index contributed by atoms with van der Waals surface area (Å²) < 4.78 is 5.14. The molecule has 0 aliphatic carbocycles. The highest BCUT2D eigenvalue weighted by Crippen LogP contribution is 2.43. The Morgan fingerprint density at radius 1 is 1.16 bits per heavy atom. The number of carbonyl (C=O) groups excluding carboxylic acids is 2. The lowest BCUT2D eigenvalue weighted by Gasteiger charge is -2.25. The van der Waals surface area contributed by atoms with Gasteiger partial charge in [0.15, 0.2) is 0 Å². The number of hydrogen-bond acceptors (Lipinski definition) is 5. The summed E-state index contributed by atoms with van der Waals surface area (Å²) in [5.74, 6) is -1.30. The van der Waals surface area contributed by atoms with E-state index in [0.717, 1.165) is 21.6 Å². The van der Waals surface area contributed by atoms with Gasteiger partial charge in [0.2, 0.25) is 0 Å². The summed E-state index contributed by atoms with van der Waals surface area (Å²) in [6.45, 7) is 11.1. The summed E-state index contributed by atoms with van der Waals surface area (Å²) in [4.78, 5) is 28.6. The molecule has 3 rings (SSSR count). The van der Waals surface area contributed by atoms with E-state index in [-0.39, 0.29) is 16.7 Å². The number of Topliss-reactive ketones (excluding diaryl/α,β-unsaturated/α-hetero) is 1. The minimum absolute atomic E-state index is 0.103. The number of aryl methyl sites for hydroxylation is 2. The number of hydrogen-bond donors (Lipinski definition) is 1. The zero-order chi connectivity index (χ0) is 22.9. The zero-order valence-corrected chi connectivity index (χ0v) is 19.9. The molecule has 31 heavy (non-hydrogen) atoms. The summed E-state index contributed by atoms with van der Waals surface area (Å²) in [5, 5.41) is 13.3. The third-order valence-corrected chi connectivity index (χ3v) is 6.87. The van der Waals surface area contributed by atoms with Crippen molar-refractivity contribution in [3.63, 3.8) is 0 Å². The second kappa shape index (κ2) is 8.97. The summed E-state index contributed by atoms with van der Waals surface area (Å²) >= 11 is 1.50. The predicted octanol–water partition coefficient (Wildman–Crippen LogP) is 5.12. The van der Waals surface area contributed by atoms with Gasteiger partial charge in [-0.05, 0) is 59.9 Å². The molecule has 1 atom stereocenters. The Labute approximate surface area is 188 Å². The van der Waals surface area contributed by atoms with Crippen molar-refractivity contribution in [3.05, 3.63) is 62.3 Å². The van der Waals surface area contributed by atoms with Crippen molar-refractivity contribution < 1.29 is 19.4 Å². The fraction of sp³-hybridized carbons (Fsp3) is 0.440. The monoisotopic (exact) mass is 441 g/mol. The van der Waals surface area contributed by atoms with Crippen LogP contribution in [0.4, 0.5) is 0 Å². The molecule has 166 valence electrons. The lowest BCUT2D eigenvalue weighted by Crippen LogP contribution is -2.31. The van der Waals surface area contributed by atoms with Crippen molar-refractivity contribution in [3.8, 4) is 0 Å². The molecule has 1 aromatic carbocycles. The van der Waals surface area contributed by atoms with Gasteiger partial charge < -0.3 is 14.7 Å². The summed E-state index contributed by atoms with van der Waals surface area (Å²) in [6.07, 6.45) is 0.614. The van der Waals surface area contributed by atoms with Gasteiger partial charge in [0.05, 0.1) is 11.6 Å². The van der Waals surface area contributed by atoms with E-state index in [9.17, 15) is 14.7 Å². The summed E-state index contributed by atoms with van der Waals surface area (Å²) in [7, 11) is 1.61. The Hall–Kier alpha value is -2.44. The van der Waals surface area contributed by atoms with E-state index >= 15 is 0 Å². The maximum atomic E-state index is 13.1. The van der Waals surface area contributed by atoms with Crippen LogP contribution in [-0.4, -0.2) is 42.0 Å². The van der Waals surface area contributed by atoms with Crippen molar-refractivity contribution >= 4 is 28.8 Å². The lowest BCUT2D eigenvalue weighted by atomic mass is 9.84. The van der Waals surface area contributed by atoms with Crippen molar-refractivity contribution in [2.75, 3.05) is 20.3 Å². The number of ketones is 1. The van der Waals surface area contributed by atoms with E-state index in [1.165, 1.54) is 11.3 Å². The third kappa shape index (κ3) is 4.46. The molecule has 1 aliphatic rings. The largest absolute Gasteiger partial charge is 0.507 e. The van der Waals surface area contributed by atoms with Crippen LogP contribution in [0.15, 0.2) is 35.2 Å². The van der Waals surface area contributed by atoms with E-state index in [0.29, 0.717) is 25.1 Å². The van der Waals surface area contributed by atoms with E-state index in [4.69, 9.17) is 4.74 Å². The molecule has 1 unspecified atom stereocenters. The van der Waals surface area contributed by atoms with Gasteiger partial charge in [-0.15, -0.1) is 11.3 Å². The molecule has 1 saturated heterocycles. The van der Waals surface area contributed by atoms with E-state index in [1.807, 2.05) is 43.5 Å². The first-order valence-electron chi connectivity index (χ1n) is 10.5. The average Bonchev–Trinajstić information content (AvgIpc) is 3.23. The lowest BCUT2D eigenvalue weighted by molar-refractivity contribution is -0.140. The fourth-order valence-corrected chi connectivity index (χ4v) is 4.96. The van der Waals surface area contributed by atoms with Crippen LogP contribution in [0.25, 0.3) is 5.76 Å². The van der Waals surface area contributed by atoms with Crippen molar-refractivity contribution in [2.24, 2.45) is 0 Å². The van der Waals surface area contributed by atoms with Crippen LogP contribution in [0.1, 0.15) is 60.4 Å². The van der Waals surface area contributed by atoms with Gasteiger partial charge in [0.1, 0.15) is 5.76 Å². The van der Waals surface area contributed by atoms with Crippen LogP contribution in [-0.2, 0) is 19.7 Å². The maximum Gasteiger partial charge on any atom is 0.295 e. The molecule has 1 N–H and O–H groups in total. The number of rotatable bonds is 6. The fourth-order valence-electron chi connectivity index (χ4n) is 3.92. The molecule has 6 heteroatoms. The van der Waals surface area contributed by atoms with Gasteiger partial charge in [-0.1, -0.05) is 32.9 Å². The molecule has 2 aromatic rings. The third-order valence-electron chi connectivity index (χ3n) is 5.80. The number of likely N-dealkylation sites (tertiary alicyclic amines) is 1. The van der Waals surface area contributed by atoms with E-state index in [1.54, 1.807) is 12.0 Å². The van der Waals surface area contributed by atoms with Crippen LogP contribution >= 0.6 is 11.3 Å². The smallest absolute Gasteiger partial charge is 0.295 e. The maximum absolute atomic E-state index is 13.1. The minimum atomic E-state index is -0.631. The van der Waals surface area contributed by atoms with E-state index < -0.39 is 17.7 Å². The number of ether oxygens (including phenoxy) is 1. The van der Waals surface area contributed by atoms with Gasteiger partial charge in [-0.25, -0.2) is 0 Å². The Bertz CT molecular complexity index is 1030. The van der Waals surface area contributed by atoms with Crippen molar-refractivity contribution in [1.82, 2.24) is 4.90 Å². The average molecular weight is 442 g/mol. The normalized spacial score (nSPS) is 18.8. The Kier molecular flexibility index (Phi) is 6.72. The highest BCUT2D eigenvalue weighted by atomic mass is 32.1. The SMILES string of the molecule is COCCCN1C(=O)C(=O)/C(=C(/O)c2cc(C(C)(C)C)ccc2C)C1c1sccc1C. The molecular formula is C25H31NO4S. The van der Waals surface area contributed by atoms with Crippen LogP contribution in [0.2, 0.25) is 0 Å². The van der Waals surface area contributed by atoms with E-state index in [2.05, 4.69) is 20.8 Å². The number of thiophene rings is 1. The quantitative estimate of drug-likeness (QED) is 0.292. The molecule has 1 aliphatic heterocycles. The predicted molar refractivity (Wildman–Crippen MR) is 124 cm³/mol. The number of benzene rings is 1. The van der Waals surface area contributed by atoms with Gasteiger partial charge in [0.25, 0.3) is 11.7 Å². The number of aliphatic hydroxyl groups is 1. The molecule has 1 fully saturated rings.